The van der Waals surface area contributed by atoms with Gasteiger partial charge in [-0.05, 0) is 51.1 Å². The molecular weight excluding hydrogens is 334 g/mol. The van der Waals surface area contributed by atoms with Gasteiger partial charge in [-0.1, -0.05) is 18.2 Å². The van der Waals surface area contributed by atoms with Gasteiger partial charge in [0.2, 0.25) is 0 Å². The fourth-order valence-electron chi connectivity index (χ4n) is 2.10. The largest absolute Gasteiger partial charge is 0.497 e. The van der Waals surface area contributed by atoms with Gasteiger partial charge in [0.25, 0.3) is 5.91 Å². The number of rotatable bonds is 7. The molecule has 2 aromatic carbocycles. The van der Waals surface area contributed by atoms with E-state index in [1.807, 2.05) is 20.8 Å². The van der Waals surface area contributed by atoms with Crippen LogP contribution in [-0.2, 0) is 9.78 Å². The van der Waals surface area contributed by atoms with E-state index in [2.05, 4.69) is 5.32 Å². The van der Waals surface area contributed by atoms with Crippen LogP contribution in [0, 0.1) is 0 Å². The lowest BCUT2D eigenvalue weighted by atomic mass is 10.1. The maximum atomic E-state index is 12.6. The number of carbonyl (C=O) groups is 1. The normalized spacial score (nSPS) is 12.3. The van der Waals surface area contributed by atoms with Gasteiger partial charge in [-0.3, -0.25) is 4.79 Å². The van der Waals surface area contributed by atoms with E-state index in [0.29, 0.717) is 17.1 Å². The first-order valence-electron chi connectivity index (χ1n) is 8.26. The third-order valence-electron chi connectivity index (χ3n) is 3.41. The SMILES string of the molecule is COc1ccc([C@H](NC(=O)c2cccc(OC)c2)OOC(C)(C)C)cc1. The van der Waals surface area contributed by atoms with E-state index in [9.17, 15) is 4.79 Å². The van der Waals surface area contributed by atoms with Gasteiger partial charge in [-0.2, -0.15) is 0 Å². The molecule has 0 heterocycles. The minimum Gasteiger partial charge on any atom is -0.497 e. The van der Waals surface area contributed by atoms with Crippen molar-refractivity contribution in [2.45, 2.75) is 32.6 Å². The summed E-state index contributed by atoms with van der Waals surface area (Å²) in [4.78, 5) is 23.5. The average Bonchev–Trinajstić information content (AvgIpc) is 2.64. The summed E-state index contributed by atoms with van der Waals surface area (Å²) in [5.74, 6) is 1.01. The van der Waals surface area contributed by atoms with Crippen LogP contribution in [0.1, 0.15) is 42.9 Å². The minimum atomic E-state index is -0.779. The second kappa shape index (κ2) is 8.69. The van der Waals surface area contributed by atoms with Crippen molar-refractivity contribution in [2.24, 2.45) is 0 Å². The van der Waals surface area contributed by atoms with Crippen LogP contribution in [0.5, 0.6) is 11.5 Å². The Bertz CT molecular complexity index is 722. The number of hydrogen-bond acceptors (Lipinski definition) is 5. The first-order valence-corrected chi connectivity index (χ1v) is 8.26. The number of amides is 1. The maximum Gasteiger partial charge on any atom is 0.253 e. The highest BCUT2D eigenvalue weighted by Crippen LogP contribution is 2.22. The zero-order valence-electron chi connectivity index (χ0n) is 15.7. The van der Waals surface area contributed by atoms with Gasteiger partial charge >= 0.3 is 0 Å². The summed E-state index contributed by atoms with van der Waals surface area (Å²) in [6, 6.07) is 14.1. The van der Waals surface area contributed by atoms with Crippen molar-refractivity contribution in [1.82, 2.24) is 5.32 Å². The van der Waals surface area contributed by atoms with Gasteiger partial charge < -0.3 is 14.8 Å². The maximum absolute atomic E-state index is 12.6. The predicted octanol–water partition coefficient (Wildman–Crippen LogP) is 3.88. The summed E-state index contributed by atoms with van der Waals surface area (Å²) in [5.41, 5.74) is 0.666. The van der Waals surface area contributed by atoms with Gasteiger partial charge in [0.15, 0.2) is 6.23 Å². The lowest BCUT2D eigenvalue weighted by Crippen LogP contribution is -2.33. The van der Waals surface area contributed by atoms with Crippen LogP contribution >= 0.6 is 0 Å². The van der Waals surface area contributed by atoms with Gasteiger partial charge in [0, 0.05) is 11.1 Å². The Balaban J connectivity index is 2.20. The van der Waals surface area contributed by atoms with Crippen molar-refractivity contribution in [3.63, 3.8) is 0 Å². The molecule has 6 nitrogen and oxygen atoms in total. The third-order valence-corrected chi connectivity index (χ3v) is 3.41. The molecule has 0 aliphatic heterocycles. The van der Waals surface area contributed by atoms with Crippen LogP contribution in [0.2, 0.25) is 0 Å². The van der Waals surface area contributed by atoms with Gasteiger partial charge in [-0.15, -0.1) is 0 Å². The van der Waals surface area contributed by atoms with Gasteiger partial charge in [-0.25, -0.2) is 9.78 Å². The number of nitrogens with one attached hydrogen (secondary N) is 1. The zero-order chi connectivity index (χ0) is 19.2. The van der Waals surface area contributed by atoms with Crippen LogP contribution in [0.3, 0.4) is 0 Å². The number of carbonyl (C=O) groups excluding carboxylic acids is 1. The van der Waals surface area contributed by atoms with E-state index in [1.165, 1.54) is 0 Å². The Morgan fingerprint density at radius 3 is 2.19 bits per heavy atom. The molecule has 1 N–H and O–H groups in total. The molecule has 1 atom stereocenters. The van der Waals surface area contributed by atoms with Crippen molar-refractivity contribution in [1.29, 1.82) is 0 Å². The fraction of sp³-hybridized carbons (Fsp3) is 0.350. The molecule has 0 fully saturated rings. The molecule has 0 radical (unpaired) electrons. The first kappa shape index (κ1) is 19.8. The Morgan fingerprint density at radius 2 is 1.62 bits per heavy atom. The van der Waals surface area contributed by atoms with Gasteiger partial charge in [0.1, 0.15) is 11.5 Å². The summed E-state index contributed by atoms with van der Waals surface area (Å²) in [5, 5.41) is 2.83. The van der Waals surface area contributed by atoms with Crippen LogP contribution in [0.25, 0.3) is 0 Å². The van der Waals surface area contributed by atoms with Crippen molar-refractivity contribution in [3.05, 3.63) is 59.7 Å². The quantitative estimate of drug-likeness (QED) is 0.462. The molecule has 0 aliphatic rings. The molecule has 2 aromatic rings. The minimum absolute atomic E-state index is 0.303. The van der Waals surface area contributed by atoms with Crippen LogP contribution < -0.4 is 14.8 Å². The van der Waals surface area contributed by atoms with Crippen LogP contribution in [-0.4, -0.2) is 25.7 Å². The highest BCUT2D eigenvalue weighted by Gasteiger charge is 2.21. The number of benzene rings is 2. The molecule has 0 bridgehead atoms. The number of ether oxygens (including phenoxy) is 2. The van der Waals surface area contributed by atoms with Crippen LogP contribution in [0.4, 0.5) is 0 Å². The summed E-state index contributed by atoms with van der Waals surface area (Å²) in [6.07, 6.45) is -0.779. The van der Waals surface area contributed by atoms with E-state index < -0.39 is 11.8 Å². The smallest absolute Gasteiger partial charge is 0.253 e. The standard InChI is InChI=1S/C20H25NO5/c1-20(2,3)26-25-19(14-9-11-16(23-4)12-10-14)21-18(22)15-7-6-8-17(13-15)24-5/h6-13,19H,1-5H3,(H,21,22)/t19-/m1/s1. The Labute approximate surface area is 154 Å². The third kappa shape index (κ3) is 5.75. The van der Waals surface area contributed by atoms with Crippen molar-refractivity contribution < 1.29 is 24.0 Å². The van der Waals surface area contributed by atoms with E-state index in [0.717, 1.165) is 5.56 Å². The Kier molecular flexibility index (Phi) is 6.60. The molecule has 1 amide bonds. The molecule has 0 unspecified atom stereocenters. The predicted molar refractivity (Wildman–Crippen MR) is 98.1 cm³/mol. The molecule has 0 aromatic heterocycles. The topological polar surface area (TPSA) is 66.0 Å². The second-order valence-corrected chi connectivity index (χ2v) is 6.65. The second-order valence-electron chi connectivity index (χ2n) is 6.65. The summed E-state index contributed by atoms with van der Waals surface area (Å²) in [7, 11) is 3.15. The monoisotopic (exact) mass is 359 g/mol. The molecule has 6 heteroatoms. The van der Waals surface area contributed by atoms with E-state index in [-0.39, 0.29) is 5.91 Å². The summed E-state index contributed by atoms with van der Waals surface area (Å²) >= 11 is 0. The molecule has 2 rings (SSSR count). The lowest BCUT2D eigenvalue weighted by Gasteiger charge is -2.24. The molecule has 26 heavy (non-hydrogen) atoms. The van der Waals surface area contributed by atoms with E-state index >= 15 is 0 Å². The molecule has 0 saturated heterocycles. The highest BCUT2D eigenvalue weighted by atomic mass is 17.2. The molecule has 0 aliphatic carbocycles. The Hall–Kier alpha value is -2.57. The fourth-order valence-corrected chi connectivity index (χ4v) is 2.10. The van der Waals surface area contributed by atoms with Crippen LogP contribution in [0.15, 0.2) is 48.5 Å². The molecule has 0 spiro atoms. The average molecular weight is 359 g/mol. The Morgan fingerprint density at radius 1 is 0.962 bits per heavy atom. The van der Waals surface area contributed by atoms with Crippen molar-refractivity contribution in [3.8, 4) is 11.5 Å². The zero-order valence-corrected chi connectivity index (χ0v) is 15.7. The summed E-state index contributed by atoms with van der Waals surface area (Å²) in [6.45, 7) is 5.59. The highest BCUT2D eigenvalue weighted by molar-refractivity contribution is 5.94. The molecule has 0 saturated carbocycles. The van der Waals surface area contributed by atoms with Gasteiger partial charge in [0.05, 0.1) is 19.8 Å². The first-order chi connectivity index (χ1) is 12.3. The summed E-state index contributed by atoms with van der Waals surface area (Å²) < 4.78 is 10.3. The molecular formula is C20H25NO5. The molecule has 140 valence electrons. The van der Waals surface area contributed by atoms with Crippen molar-refractivity contribution >= 4 is 5.91 Å². The lowest BCUT2D eigenvalue weighted by molar-refractivity contribution is -0.379. The number of methoxy groups -OCH3 is 2. The number of hydrogen-bond donors (Lipinski definition) is 1. The van der Waals surface area contributed by atoms with Crippen molar-refractivity contribution in [2.75, 3.05) is 14.2 Å². The van der Waals surface area contributed by atoms with E-state index in [1.54, 1.807) is 62.8 Å². The van der Waals surface area contributed by atoms with E-state index in [4.69, 9.17) is 19.2 Å².